The summed E-state index contributed by atoms with van der Waals surface area (Å²) in [6, 6.07) is 6.91. The van der Waals surface area contributed by atoms with Crippen LogP contribution in [0.5, 0.6) is 5.75 Å². The highest BCUT2D eigenvalue weighted by Crippen LogP contribution is 2.35. The molecule has 1 N–H and O–H groups in total. The van der Waals surface area contributed by atoms with Crippen LogP contribution in [0.1, 0.15) is 51.1 Å². The van der Waals surface area contributed by atoms with Gasteiger partial charge in [0.2, 0.25) is 0 Å². The van der Waals surface area contributed by atoms with E-state index in [1.807, 2.05) is 0 Å². The van der Waals surface area contributed by atoms with E-state index in [-0.39, 0.29) is 24.8 Å². The molecule has 1 atom stereocenters. The van der Waals surface area contributed by atoms with Crippen LogP contribution in [-0.2, 0) is 0 Å². The minimum Gasteiger partial charge on any atom is -0.494 e. The van der Waals surface area contributed by atoms with Gasteiger partial charge in [0.25, 0.3) is 0 Å². The molecule has 6 heteroatoms. The van der Waals surface area contributed by atoms with Gasteiger partial charge in [-0.15, -0.1) is 24.8 Å². The van der Waals surface area contributed by atoms with Crippen LogP contribution >= 0.6 is 40.7 Å². The van der Waals surface area contributed by atoms with Crippen LogP contribution in [0.4, 0.5) is 0 Å². The molecule has 0 aliphatic carbocycles. The van der Waals surface area contributed by atoms with Crippen molar-refractivity contribution in [3.05, 3.63) is 28.2 Å². The topological polar surface area (TPSA) is 24.5 Å². The van der Waals surface area contributed by atoms with Crippen molar-refractivity contribution in [1.82, 2.24) is 10.2 Å². The van der Waals surface area contributed by atoms with Crippen molar-refractivity contribution in [3.63, 3.8) is 0 Å². The third-order valence-corrected chi connectivity index (χ3v) is 4.80. The molecule has 1 aliphatic heterocycles. The molecule has 0 amide bonds. The van der Waals surface area contributed by atoms with Crippen LogP contribution in [-0.4, -0.2) is 37.7 Å². The molecule has 1 heterocycles. The molecule has 0 radical (unpaired) electrons. The maximum absolute atomic E-state index is 5.91. The number of piperazine rings is 1. The summed E-state index contributed by atoms with van der Waals surface area (Å²) in [5.74, 6) is 1.05. The standard InChI is InChI=1S/C18H29BrN2O.2ClH/c1-3-5-6-7-17(21-12-10-20-11-13-21)16-14-15(19)8-9-18(16)22-4-2;;/h8-9,14,17,20H,3-7,10-13H2,1-2H3;2*1H/t17-;;/m0../s1. The Kier molecular flexibility index (Phi) is 13.2. The average Bonchev–Trinajstić information content (AvgIpc) is 2.55. The van der Waals surface area contributed by atoms with Crippen molar-refractivity contribution in [2.24, 2.45) is 0 Å². The second-order valence-electron chi connectivity index (χ2n) is 5.91. The lowest BCUT2D eigenvalue weighted by molar-refractivity contribution is 0.159. The van der Waals surface area contributed by atoms with Crippen LogP contribution in [0.15, 0.2) is 22.7 Å². The van der Waals surface area contributed by atoms with Crippen molar-refractivity contribution in [2.75, 3.05) is 32.8 Å². The van der Waals surface area contributed by atoms with Crippen LogP contribution in [0.3, 0.4) is 0 Å². The summed E-state index contributed by atoms with van der Waals surface area (Å²) >= 11 is 3.64. The number of nitrogens with zero attached hydrogens (tertiary/aromatic N) is 1. The van der Waals surface area contributed by atoms with Gasteiger partial charge in [0.15, 0.2) is 0 Å². The molecule has 1 aromatic rings. The summed E-state index contributed by atoms with van der Waals surface area (Å²) in [5, 5.41) is 3.46. The minimum absolute atomic E-state index is 0. The molecule has 24 heavy (non-hydrogen) atoms. The van der Waals surface area contributed by atoms with Crippen LogP contribution < -0.4 is 10.1 Å². The molecule has 1 saturated heterocycles. The molecule has 140 valence electrons. The molecule has 3 nitrogen and oxygen atoms in total. The van der Waals surface area contributed by atoms with Gasteiger partial charge in [-0.1, -0.05) is 42.1 Å². The summed E-state index contributed by atoms with van der Waals surface area (Å²) in [6.45, 7) is 9.46. The maximum Gasteiger partial charge on any atom is 0.124 e. The Balaban J connectivity index is 0.00000264. The first-order chi connectivity index (χ1) is 10.8. The van der Waals surface area contributed by atoms with E-state index in [1.165, 1.54) is 31.2 Å². The van der Waals surface area contributed by atoms with E-state index in [0.29, 0.717) is 6.04 Å². The smallest absolute Gasteiger partial charge is 0.124 e. The molecule has 0 spiro atoms. The normalized spacial score (nSPS) is 16.0. The van der Waals surface area contributed by atoms with E-state index in [0.717, 1.165) is 43.0 Å². The minimum atomic E-state index is 0. The van der Waals surface area contributed by atoms with E-state index in [4.69, 9.17) is 4.74 Å². The molecule has 0 bridgehead atoms. The molecule has 1 fully saturated rings. The first kappa shape index (κ1) is 24.0. The highest BCUT2D eigenvalue weighted by molar-refractivity contribution is 9.10. The summed E-state index contributed by atoms with van der Waals surface area (Å²) in [6.07, 6.45) is 5.07. The summed E-state index contributed by atoms with van der Waals surface area (Å²) < 4.78 is 7.05. The Bertz CT molecular complexity index is 457. The van der Waals surface area contributed by atoms with Gasteiger partial charge in [0.05, 0.1) is 6.61 Å². The van der Waals surface area contributed by atoms with Crippen LogP contribution in [0.2, 0.25) is 0 Å². The van der Waals surface area contributed by atoms with Gasteiger partial charge < -0.3 is 10.1 Å². The summed E-state index contributed by atoms with van der Waals surface area (Å²) in [5.41, 5.74) is 1.34. The number of unbranched alkanes of at least 4 members (excludes halogenated alkanes) is 2. The highest BCUT2D eigenvalue weighted by atomic mass is 79.9. The molecule has 1 aromatic carbocycles. The second kappa shape index (κ2) is 13.2. The fourth-order valence-electron chi connectivity index (χ4n) is 3.18. The Morgan fingerprint density at radius 3 is 2.50 bits per heavy atom. The SMILES string of the molecule is CCCCC[C@@H](c1cc(Br)ccc1OCC)N1CCNCC1.Cl.Cl. The molecule has 0 unspecified atom stereocenters. The van der Waals surface area contributed by atoms with Crippen molar-refractivity contribution in [3.8, 4) is 5.75 Å². The molecule has 0 aromatic heterocycles. The van der Waals surface area contributed by atoms with Gasteiger partial charge >= 0.3 is 0 Å². The Hall–Kier alpha value is -0.000000000000000111. The van der Waals surface area contributed by atoms with E-state index in [2.05, 4.69) is 58.2 Å². The number of rotatable bonds is 8. The first-order valence-electron chi connectivity index (χ1n) is 8.63. The first-order valence-corrected chi connectivity index (χ1v) is 9.42. The number of halogens is 3. The molecule has 2 rings (SSSR count). The third-order valence-electron chi connectivity index (χ3n) is 4.30. The Morgan fingerprint density at radius 2 is 1.88 bits per heavy atom. The summed E-state index contributed by atoms with van der Waals surface area (Å²) in [7, 11) is 0. The van der Waals surface area contributed by atoms with E-state index >= 15 is 0 Å². The quantitative estimate of drug-likeness (QED) is 0.559. The average molecular weight is 442 g/mol. The Morgan fingerprint density at radius 1 is 1.17 bits per heavy atom. The number of nitrogens with one attached hydrogen (secondary N) is 1. The number of hydrogen-bond donors (Lipinski definition) is 1. The monoisotopic (exact) mass is 440 g/mol. The predicted octanol–water partition coefficient (Wildman–Crippen LogP) is 5.22. The van der Waals surface area contributed by atoms with Gasteiger partial charge in [0.1, 0.15) is 5.75 Å². The molecular formula is C18H31BrCl2N2O. The zero-order valence-electron chi connectivity index (χ0n) is 14.7. The summed E-state index contributed by atoms with van der Waals surface area (Å²) in [4.78, 5) is 2.62. The van der Waals surface area contributed by atoms with Gasteiger partial charge in [-0.25, -0.2) is 0 Å². The van der Waals surface area contributed by atoms with Crippen molar-refractivity contribution < 1.29 is 4.74 Å². The molecular weight excluding hydrogens is 411 g/mol. The zero-order chi connectivity index (χ0) is 15.8. The fourth-order valence-corrected chi connectivity index (χ4v) is 3.56. The number of benzene rings is 1. The van der Waals surface area contributed by atoms with Crippen LogP contribution in [0.25, 0.3) is 0 Å². The fraction of sp³-hybridized carbons (Fsp3) is 0.667. The Labute approximate surface area is 167 Å². The van der Waals surface area contributed by atoms with E-state index in [1.54, 1.807) is 0 Å². The van der Waals surface area contributed by atoms with Crippen molar-refractivity contribution >= 4 is 40.7 Å². The van der Waals surface area contributed by atoms with Crippen molar-refractivity contribution in [1.29, 1.82) is 0 Å². The van der Waals surface area contributed by atoms with Gasteiger partial charge in [-0.3, -0.25) is 4.90 Å². The molecule has 1 aliphatic rings. The lowest BCUT2D eigenvalue weighted by Crippen LogP contribution is -2.45. The van der Waals surface area contributed by atoms with Gasteiger partial charge in [-0.05, 0) is 31.5 Å². The van der Waals surface area contributed by atoms with Crippen molar-refractivity contribution in [2.45, 2.75) is 45.6 Å². The predicted molar refractivity (Wildman–Crippen MR) is 111 cm³/mol. The number of hydrogen-bond acceptors (Lipinski definition) is 3. The highest BCUT2D eigenvalue weighted by Gasteiger charge is 2.24. The maximum atomic E-state index is 5.91. The number of ether oxygens (including phenoxy) is 1. The van der Waals surface area contributed by atoms with Gasteiger partial charge in [0, 0.05) is 42.3 Å². The molecule has 0 saturated carbocycles. The largest absolute Gasteiger partial charge is 0.494 e. The van der Waals surface area contributed by atoms with Gasteiger partial charge in [-0.2, -0.15) is 0 Å². The second-order valence-corrected chi connectivity index (χ2v) is 6.83. The lowest BCUT2D eigenvalue weighted by Gasteiger charge is -2.36. The van der Waals surface area contributed by atoms with E-state index < -0.39 is 0 Å². The zero-order valence-corrected chi connectivity index (χ0v) is 17.9. The van der Waals surface area contributed by atoms with E-state index in [9.17, 15) is 0 Å². The lowest BCUT2D eigenvalue weighted by atomic mass is 9.97. The van der Waals surface area contributed by atoms with Crippen LogP contribution in [0, 0.1) is 0 Å². The third kappa shape index (κ3) is 7.09.